The number of aromatic nitrogens is 3. The Morgan fingerprint density at radius 3 is 2.21 bits per heavy atom. The molecule has 0 amide bonds. The van der Waals surface area contributed by atoms with Crippen LogP contribution in [-0.4, -0.2) is 21.4 Å². The number of para-hydroxylation sites is 2. The molecule has 8 heteroatoms. The average molecular weight is 929 g/mol. The Labute approximate surface area is 352 Å². The first kappa shape index (κ1) is 35.0. The van der Waals surface area contributed by atoms with Crippen molar-refractivity contribution in [1.29, 1.82) is 0 Å². The molecule has 0 saturated heterocycles. The molecule has 0 aliphatic carbocycles. The smallest absolute Gasteiger partial charge is 0.503 e. The van der Waals surface area contributed by atoms with Gasteiger partial charge in [0.1, 0.15) is 5.82 Å². The Morgan fingerprint density at radius 1 is 0.638 bits per heavy atom. The fourth-order valence-electron chi connectivity index (χ4n) is 9.77. The van der Waals surface area contributed by atoms with E-state index >= 15 is 0 Å². The molecule has 6 nitrogen and oxygen atoms in total. The molecular weight excluding hydrogens is 892 g/mol. The van der Waals surface area contributed by atoms with Crippen molar-refractivity contribution in [3.63, 3.8) is 0 Å². The van der Waals surface area contributed by atoms with Crippen LogP contribution in [0.5, 0.6) is 11.5 Å². The van der Waals surface area contributed by atoms with Gasteiger partial charge in [0.05, 0.1) is 17.0 Å². The van der Waals surface area contributed by atoms with Crippen molar-refractivity contribution < 1.29 is 25.8 Å². The van der Waals surface area contributed by atoms with E-state index < -0.39 is 0 Å². The molecule has 9 aromatic rings. The van der Waals surface area contributed by atoms with Crippen molar-refractivity contribution in [1.82, 2.24) is 14.4 Å². The van der Waals surface area contributed by atoms with Crippen molar-refractivity contribution in [3.8, 4) is 33.9 Å². The van der Waals surface area contributed by atoms with Crippen LogP contribution in [0.4, 0.5) is 22.9 Å². The summed E-state index contributed by atoms with van der Waals surface area (Å²) in [6, 6.07) is 56.5. The number of benzene rings is 6. The van der Waals surface area contributed by atoms with Gasteiger partial charge in [-0.15, -0.1) is 29.8 Å². The minimum absolute atomic E-state index is 0. The molecule has 0 saturated carbocycles. The Kier molecular flexibility index (Phi) is 7.50. The van der Waals surface area contributed by atoms with Crippen molar-refractivity contribution in [2.45, 2.75) is 38.5 Å². The van der Waals surface area contributed by atoms with Gasteiger partial charge >= 0.3 is 28.0 Å². The first-order valence-corrected chi connectivity index (χ1v) is 19.6. The number of rotatable bonds is 4. The van der Waals surface area contributed by atoms with Gasteiger partial charge in [0.25, 0.3) is 0 Å². The van der Waals surface area contributed by atoms with Gasteiger partial charge in [-0.25, -0.2) is 4.98 Å². The zero-order chi connectivity index (χ0) is 38.2. The summed E-state index contributed by atoms with van der Waals surface area (Å²) >= 11 is 0. The predicted molar refractivity (Wildman–Crippen MR) is 232 cm³/mol. The molecular formula is C50H36BN5OPt. The molecule has 0 N–H and O–H groups in total. The van der Waals surface area contributed by atoms with Crippen molar-refractivity contribution in [2.24, 2.45) is 0 Å². The maximum absolute atomic E-state index is 6.77. The number of pyridine rings is 2. The molecule has 3 aliphatic heterocycles. The SMILES string of the molecule is CC1(C)c2cccc3c4ccc(Oc5[c-]c6c(cc5)-c5ccccc5B5N(c7ccccc7)c7cccnc7N56)[c-]c4c4nc(-c5ccccc5)c(n4c23)C1(C)C.[Pt+2]. The summed E-state index contributed by atoms with van der Waals surface area (Å²) in [5.41, 5.74) is 13.0. The third-order valence-electron chi connectivity index (χ3n) is 13.1. The number of ether oxygens (including phenoxy) is 1. The van der Waals surface area contributed by atoms with E-state index in [1.807, 2.05) is 24.4 Å². The largest absolute Gasteiger partial charge is 2.00 e. The third-order valence-corrected chi connectivity index (χ3v) is 13.1. The van der Waals surface area contributed by atoms with Gasteiger partial charge in [0.15, 0.2) is 0 Å². The van der Waals surface area contributed by atoms with E-state index in [4.69, 9.17) is 14.7 Å². The summed E-state index contributed by atoms with van der Waals surface area (Å²) in [7, 11) is 0. The summed E-state index contributed by atoms with van der Waals surface area (Å²) in [5.74, 6) is 2.10. The summed E-state index contributed by atoms with van der Waals surface area (Å²) in [6.45, 7) is 9.32. The number of nitrogens with zero attached hydrogens (tertiary/aromatic N) is 5. The van der Waals surface area contributed by atoms with E-state index in [-0.39, 0.29) is 38.9 Å². The number of hydrogen-bond acceptors (Lipinski definition) is 5. The van der Waals surface area contributed by atoms with Crippen LogP contribution in [0.25, 0.3) is 49.7 Å². The molecule has 6 aromatic carbocycles. The normalized spacial score (nSPS) is 15.3. The van der Waals surface area contributed by atoms with Gasteiger partial charge in [-0.1, -0.05) is 147 Å². The monoisotopic (exact) mass is 928 g/mol. The van der Waals surface area contributed by atoms with E-state index in [1.54, 1.807) is 0 Å². The number of fused-ring (bicyclic) bond motifs is 11. The first-order valence-electron chi connectivity index (χ1n) is 19.6. The Hall–Kier alpha value is -6.17. The number of imidazole rings is 1. The number of anilines is 4. The Morgan fingerprint density at radius 2 is 1.38 bits per heavy atom. The summed E-state index contributed by atoms with van der Waals surface area (Å²) in [4.78, 5) is 15.1. The second-order valence-electron chi connectivity index (χ2n) is 16.5. The standard InChI is InChI=1S/C50H36BN5O.Pt/c1-49(2)40-21-13-20-38-35-26-24-33(29-39(35)47-53-44(31-15-7-5-8-16-31)46(50(49,3)4)54(47)45(38)40)57-34-25-27-37-36-19-11-12-22-41(36)51-55(32-17-9-6-10-18-32)42-23-14-28-52-48(42)56(51)43(37)30-34;/h5-28H,1-4H3;/q-2;+2. The number of hydrogen-bond donors (Lipinski definition) is 0. The van der Waals surface area contributed by atoms with Gasteiger partial charge in [-0.2, -0.15) is 6.07 Å². The van der Waals surface area contributed by atoms with Crippen LogP contribution in [0.2, 0.25) is 0 Å². The minimum Gasteiger partial charge on any atom is -0.503 e. The van der Waals surface area contributed by atoms with E-state index in [9.17, 15) is 0 Å². The van der Waals surface area contributed by atoms with Crippen LogP contribution < -0.4 is 19.8 Å². The summed E-state index contributed by atoms with van der Waals surface area (Å²) < 4.78 is 9.19. The molecule has 0 radical (unpaired) electrons. The van der Waals surface area contributed by atoms with Crippen molar-refractivity contribution >= 4 is 62.6 Å². The molecule has 280 valence electrons. The molecule has 3 aliphatic rings. The van der Waals surface area contributed by atoms with Crippen LogP contribution in [0.3, 0.4) is 0 Å². The zero-order valence-corrected chi connectivity index (χ0v) is 34.7. The fraction of sp³-hybridized carbons (Fsp3) is 0.120. The van der Waals surface area contributed by atoms with Gasteiger partial charge in [0, 0.05) is 51.0 Å². The molecule has 6 heterocycles. The Balaban J connectivity index is 0.00000385. The maximum Gasteiger partial charge on any atom is 2.00 e. The van der Waals surface area contributed by atoms with Crippen LogP contribution in [0.15, 0.2) is 146 Å². The van der Waals surface area contributed by atoms with E-state index in [0.717, 1.165) is 56.1 Å². The van der Waals surface area contributed by atoms with Gasteiger partial charge < -0.3 is 18.8 Å². The molecule has 0 fully saturated rings. The second-order valence-corrected chi connectivity index (χ2v) is 16.5. The average Bonchev–Trinajstić information content (AvgIpc) is 3.83. The fourth-order valence-corrected chi connectivity index (χ4v) is 9.77. The predicted octanol–water partition coefficient (Wildman–Crippen LogP) is 11.3. The van der Waals surface area contributed by atoms with Gasteiger partial charge in [0.2, 0.25) is 0 Å². The molecule has 0 bridgehead atoms. The van der Waals surface area contributed by atoms with Crippen LogP contribution in [0.1, 0.15) is 39.0 Å². The third kappa shape index (κ3) is 4.59. The molecule has 58 heavy (non-hydrogen) atoms. The topological polar surface area (TPSA) is 45.9 Å². The van der Waals surface area contributed by atoms with Crippen LogP contribution >= 0.6 is 0 Å². The van der Waals surface area contributed by atoms with E-state index in [2.05, 4.69) is 175 Å². The van der Waals surface area contributed by atoms with Crippen molar-refractivity contribution in [3.05, 3.63) is 169 Å². The first-order chi connectivity index (χ1) is 27.8. The molecule has 0 unspecified atom stereocenters. The molecule has 12 rings (SSSR count). The molecule has 0 atom stereocenters. The van der Waals surface area contributed by atoms with Gasteiger partial charge in [-0.05, 0) is 40.7 Å². The van der Waals surface area contributed by atoms with E-state index in [0.29, 0.717) is 11.5 Å². The molecule has 0 spiro atoms. The summed E-state index contributed by atoms with van der Waals surface area (Å²) in [6.07, 6.45) is 1.87. The Bertz CT molecular complexity index is 3140. The summed E-state index contributed by atoms with van der Waals surface area (Å²) in [5, 5.41) is 3.22. The molecule has 3 aromatic heterocycles. The zero-order valence-electron chi connectivity index (χ0n) is 32.4. The van der Waals surface area contributed by atoms with Crippen LogP contribution in [-0.2, 0) is 31.9 Å². The van der Waals surface area contributed by atoms with Crippen LogP contribution in [0, 0.1) is 12.1 Å². The second kappa shape index (κ2) is 12.4. The van der Waals surface area contributed by atoms with Gasteiger partial charge in [-0.3, -0.25) is 4.98 Å². The minimum atomic E-state index is -0.228. The van der Waals surface area contributed by atoms with Crippen molar-refractivity contribution in [2.75, 3.05) is 9.62 Å². The quantitative estimate of drug-likeness (QED) is 0.1000. The maximum atomic E-state index is 6.77. The van der Waals surface area contributed by atoms with E-state index in [1.165, 1.54) is 33.2 Å².